The van der Waals surface area contributed by atoms with Gasteiger partial charge >= 0.3 is 0 Å². The van der Waals surface area contributed by atoms with Crippen LogP contribution < -0.4 is 10.2 Å². The van der Waals surface area contributed by atoms with Crippen LogP contribution in [0.4, 0.5) is 4.39 Å². The maximum absolute atomic E-state index is 13.7. The second-order valence-corrected chi connectivity index (χ2v) is 6.55. The number of amides is 1. The van der Waals surface area contributed by atoms with Crippen LogP contribution in [0.1, 0.15) is 25.3 Å². The molecule has 1 fully saturated rings. The number of hydrogen-bond donors (Lipinski definition) is 2. The quantitative estimate of drug-likeness (QED) is 0.829. The molecular formula is C16H20ClFN3O+. The van der Waals surface area contributed by atoms with E-state index in [1.54, 1.807) is 26.1 Å². The molecule has 0 saturated heterocycles. The lowest BCUT2D eigenvalue weighted by Crippen LogP contribution is -3.09. The molecule has 2 rings (SSSR count). The first-order valence-corrected chi connectivity index (χ1v) is 7.70. The molecule has 0 bridgehead atoms. The van der Waals surface area contributed by atoms with Crippen molar-refractivity contribution in [3.8, 4) is 6.07 Å². The van der Waals surface area contributed by atoms with Crippen molar-refractivity contribution in [3.63, 3.8) is 0 Å². The highest BCUT2D eigenvalue weighted by atomic mass is 35.5. The zero-order valence-electron chi connectivity index (χ0n) is 12.7. The van der Waals surface area contributed by atoms with E-state index in [4.69, 9.17) is 11.6 Å². The predicted octanol–water partition coefficient (Wildman–Crippen LogP) is 1.30. The van der Waals surface area contributed by atoms with Crippen molar-refractivity contribution >= 4 is 17.5 Å². The van der Waals surface area contributed by atoms with Gasteiger partial charge in [-0.15, -0.1) is 0 Å². The van der Waals surface area contributed by atoms with Gasteiger partial charge in [-0.2, -0.15) is 5.26 Å². The topological polar surface area (TPSA) is 57.3 Å². The summed E-state index contributed by atoms with van der Waals surface area (Å²) in [4.78, 5) is 12.9. The van der Waals surface area contributed by atoms with E-state index in [1.807, 2.05) is 0 Å². The molecule has 0 aromatic heterocycles. The van der Waals surface area contributed by atoms with Gasteiger partial charge in [0.25, 0.3) is 5.91 Å². The third kappa shape index (κ3) is 3.96. The van der Waals surface area contributed by atoms with Crippen LogP contribution in [0.5, 0.6) is 0 Å². The summed E-state index contributed by atoms with van der Waals surface area (Å²) in [5.41, 5.74) is -0.396. The minimum absolute atomic E-state index is 0.161. The largest absolute Gasteiger partial charge is 0.333 e. The van der Waals surface area contributed by atoms with Gasteiger partial charge < -0.3 is 10.2 Å². The molecule has 0 aliphatic heterocycles. The minimum atomic E-state index is -0.799. The third-order valence-electron chi connectivity index (χ3n) is 4.03. The fourth-order valence-electron chi connectivity index (χ4n) is 2.56. The molecule has 0 radical (unpaired) electrons. The number of carbonyl (C=O) groups is 1. The van der Waals surface area contributed by atoms with Gasteiger partial charge in [-0.05, 0) is 37.8 Å². The molecule has 2 atom stereocenters. The summed E-state index contributed by atoms with van der Waals surface area (Å²) >= 11 is 5.99. The molecule has 1 aliphatic rings. The van der Waals surface area contributed by atoms with Crippen molar-refractivity contribution in [2.24, 2.45) is 5.92 Å². The van der Waals surface area contributed by atoms with Gasteiger partial charge in [0.2, 0.25) is 0 Å². The molecule has 118 valence electrons. The van der Waals surface area contributed by atoms with E-state index in [1.165, 1.54) is 6.07 Å². The molecule has 1 saturated carbocycles. The van der Waals surface area contributed by atoms with E-state index in [0.29, 0.717) is 17.1 Å². The molecule has 1 aliphatic carbocycles. The highest BCUT2D eigenvalue weighted by molar-refractivity contribution is 6.31. The van der Waals surface area contributed by atoms with Crippen LogP contribution in [0.2, 0.25) is 5.02 Å². The first-order chi connectivity index (χ1) is 10.4. The summed E-state index contributed by atoms with van der Waals surface area (Å²) in [6.07, 6.45) is 1.94. The Morgan fingerprint density at radius 1 is 1.59 bits per heavy atom. The highest BCUT2D eigenvalue weighted by Crippen LogP contribution is 2.39. The summed E-state index contributed by atoms with van der Waals surface area (Å²) < 4.78 is 13.7. The maximum Gasteiger partial charge on any atom is 0.276 e. The molecule has 0 spiro atoms. The summed E-state index contributed by atoms with van der Waals surface area (Å²) in [5.74, 6) is -0.337. The number of hydrogen-bond acceptors (Lipinski definition) is 2. The van der Waals surface area contributed by atoms with Crippen molar-refractivity contribution in [2.75, 3.05) is 13.6 Å². The minimum Gasteiger partial charge on any atom is -0.333 e. The lowest BCUT2D eigenvalue weighted by molar-refractivity contribution is -0.885. The smallest absolute Gasteiger partial charge is 0.276 e. The number of benzene rings is 1. The summed E-state index contributed by atoms with van der Waals surface area (Å²) in [6, 6.07) is 6.73. The first-order valence-electron chi connectivity index (χ1n) is 7.32. The van der Waals surface area contributed by atoms with Crippen LogP contribution in [0, 0.1) is 23.1 Å². The first kappa shape index (κ1) is 16.7. The molecule has 1 unspecified atom stereocenters. The molecule has 2 N–H and O–H groups in total. The number of likely N-dealkylation sites (N-methyl/N-ethyl adjacent to an activating group) is 1. The van der Waals surface area contributed by atoms with E-state index in [9.17, 15) is 14.4 Å². The third-order valence-corrected chi connectivity index (χ3v) is 4.38. The van der Waals surface area contributed by atoms with Crippen LogP contribution in [-0.2, 0) is 11.3 Å². The van der Waals surface area contributed by atoms with Crippen molar-refractivity contribution < 1.29 is 14.1 Å². The molecule has 6 heteroatoms. The Labute approximate surface area is 134 Å². The van der Waals surface area contributed by atoms with Crippen LogP contribution in [0.25, 0.3) is 0 Å². The molecule has 0 heterocycles. The zero-order chi connectivity index (χ0) is 16.3. The van der Waals surface area contributed by atoms with Crippen molar-refractivity contribution in [2.45, 2.75) is 31.8 Å². The number of nitrogens with zero attached hydrogens (tertiary/aromatic N) is 1. The van der Waals surface area contributed by atoms with Gasteiger partial charge in [-0.1, -0.05) is 17.7 Å². The van der Waals surface area contributed by atoms with Crippen molar-refractivity contribution in [1.29, 1.82) is 5.26 Å². The monoisotopic (exact) mass is 324 g/mol. The Morgan fingerprint density at radius 3 is 2.82 bits per heavy atom. The Bertz CT molecular complexity index is 592. The SMILES string of the molecule is C[NH+](CC(=O)N[C@@](C)(C#N)C1CC1)Cc1c(F)cccc1Cl. The van der Waals surface area contributed by atoms with Gasteiger partial charge in [0.1, 0.15) is 17.9 Å². The van der Waals surface area contributed by atoms with Gasteiger partial charge in [-0.3, -0.25) is 4.79 Å². The number of quaternary nitrogens is 1. The molecule has 1 aromatic rings. The van der Waals surface area contributed by atoms with Crippen LogP contribution in [-0.4, -0.2) is 25.0 Å². The summed E-state index contributed by atoms with van der Waals surface area (Å²) in [7, 11) is 1.79. The van der Waals surface area contributed by atoms with Crippen molar-refractivity contribution in [1.82, 2.24) is 5.32 Å². The summed E-state index contributed by atoms with van der Waals surface area (Å²) in [5, 5.41) is 12.4. The van der Waals surface area contributed by atoms with E-state index in [2.05, 4.69) is 11.4 Å². The van der Waals surface area contributed by atoms with Crippen LogP contribution in [0.3, 0.4) is 0 Å². The van der Waals surface area contributed by atoms with E-state index in [0.717, 1.165) is 17.7 Å². The van der Waals surface area contributed by atoms with Gasteiger partial charge in [0.15, 0.2) is 6.54 Å². The number of nitriles is 1. The Kier molecular flexibility index (Phi) is 5.05. The second-order valence-electron chi connectivity index (χ2n) is 6.15. The Hall–Kier alpha value is -1.64. The molecular weight excluding hydrogens is 305 g/mol. The standard InChI is InChI=1S/C16H19ClFN3O/c1-16(10-19,11-6-7-11)20-15(22)9-21(2)8-12-13(17)4-3-5-14(12)18/h3-5,11H,6-9H2,1-2H3,(H,20,22)/p+1/t16-/m0/s1. The number of carbonyl (C=O) groups excluding carboxylic acids is 1. The number of nitrogens with one attached hydrogen (secondary N) is 2. The average Bonchev–Trinajstić information content (AvgIpc) is 3.27. The maximum atomic E-state index is 13.7. The predicted molar refractivity (Wildman–Crippen MR) is 81.8 cm³/mol. The molecule has 1 aromatic carbocycles. The van der Waals surface area contributed by atoms with Crippen LogP contribution >= 0.6 is 11.6 Å². The van der Waals surface area contributed by atoms with Gasteiger partial charge in [0, 0.05) is 0 Å². The average molecular weight is 325 g/mol. The second kappa shape index (κ2) is 6.64. The van der Waals surface area contributed by atoms with Gasteiger partial charge in [0.05, 0.1) is 23.7 Å². The highest BCUT2D eigenvalue weighted by Gasteiger charge is 2.43. The van der Waals surface area contributed by atoms with E-state index in [-0.39, 0.29) is 24.2 Å². The Morgan fingerprint density at radius 2 is 2.27 bits per heavy atom. The normalized spacial score (nSPS) is 18.1. The fraction of sp³-hybridized carbons (Fsp3) is 0.500. The zero-order valence-corrected chi connectivity index (χ0v) is 13.5. The van der Waals surface area contributed by atoms with E-state index < -0.39 is 5.54 Å². The molecule has 1 amide bonds. The number of rotatable bonds is 6. The molecule has 4 nitrogen and oxygen atoms in total. The fourth-order valence-corrected chi connectivity index (χ4v) is 2.79. The van der Waals surface area contributed by atoms with E-state index >= 15 is 0 Å². The molecule has 22 heavy (non-hydrogen) atoms. The van der Waals surface area contributed by atoms with Gasteiger partial charge in [-0.25, -0.2) is 4.39 Å². The van der Waals surface area contributed by atoms with Crippen LogP contribution in [0.15, 0.2) is 18.2 Å². The van der Waals surface area contributed by atoms with Crippen molar-refractivity contribution in [3.05, 3.63) is 34.6 Å². The number of halogens is 2. The summed E-state index contributed by atoms with van der Waals surface area (Å²) in [6.45, 7) is 2.23. The Balaban J connectivity index is 1.93. The lowest BCUT2D eigenvalue weighted by Gasteiger charge is -2.24. The lowest BCUT2D eigenvalue weighted by atomic mass is 9.98.